The molecule has 13 aromatic carbocycles. The van der Waals surface area contributed by atoms with E-state index in [0.717, 1.165) is 22.7 Å². The van der Waals surface area contributed by atoms with E-state index in [4.69, 9.17) is 0 Å². The Morgan fingerprint density at radius 1 is 0.202 bits per heavy atom. The van der Waals surface area contributed by atoms with Crippen LogP contribution in [0.15, 0.2) is 291 Å². The normalized spacial score (nSPS) is 14.6. The van der Waals surface area contributed by atoms with Crippen LogP contribution in [-0.2, 0) is 0 Å². The molecule has 6 nitrogen and oxygen atoms in total. The molecular weight excluding hydrogens is 1180 g/mol. The average molecular weight is 1220 g/mol. The van der Waals surface area contributed by atoms with E-state index in [9.17, 15) is 0 Å². The van der Waals surface area contributed by atoms with Crippen molar-refractivity contribution in [1.29, 1.82) is 0 Å². The molecule has 8 aliphatic heterocycles. The quantitative estimate of drug-likeness (QED) is 0.162. The second-order valence-corrected chi connectivity index (χ2v) is 28.3. The van der Waals surface area contributed by atoms with Crippen LogP contribution in [0.5, 0.6) is 0 Å². The lowest BCUT2D eigenvalue weighted by atomic mass is 9.28. The van der Waals surface area contributed by atoms with Crippen molar-refractivity contribution in [2.24, 2.45) is 0 Å². The summed E-state index contributed by atoms with van der Waals surface area (Å²) in [6.07, 6.45) is 0. The fraction of sp³-hybridized carbons (Fsp3) is 0. The SMILES string of the molecule is c1ccc(N2c3cc4c(cc3B3c5ccccc5N5c6c3c2cc2c6B(c3ccccc3N2c2ccccc2)c2sc3ccccc3c25)B2c3ccccc3N3c5c2c(cc2c5B(c5ccccc5N2c2ccccc2)c2sc5ccccc5c23)N4c2ccccc2)cc1. The van der Waals surface area contributed by atoms with Gasteiger partial charge < -0.3 is 29.4 Å². The van der Waals surface area contributed by atoms with Crippen LogP contribution in [0, 0.1) is 0 Å². The van der Waals surface area contributed by atoms with Crippen molar-refractivity contribution in [3.63, 3.8) is 0 Å². The average Bonchev–Trinajstić information content (AvgIpc) is 1.02. The molecule has 15 aromatic rings. The summed E-state index contributed by atoms with van der Waals surface area (Å²) in [6, 6.07) is 111. The summed E-state index contributed by atoms with van der Waals surface area (Å²) < 4.78 is 5.40. The monoisotopic (exact) mass is 1220 g/mol. The van der Waals surface area contributed by atoms with Gasteiger partial charge in [-0.05, 0) is 158 Å². The summed E-state index contributed by atoms with van der Waals surface area (Å²) in [5.74, 6) is 0. The van der Waals surface area contributed by atoms with Gasteiger partial charge in [-0.25, -0.2) is 0 Å². The predicted octanol–water partition coefficient (Wildman–Crippen LogP) is 13.5. The number of para-hydroxylation sites is 8. The zero-order valence-electron chi connectivity index (χ0n) is 50.5. The summed E-state index contributed by atoms with van der Waals surface area (Å²) >= 11 is 3.94. The number of anilines is 18. The lowest BCUT2D eigenvalue weighted by Gasteiger charge is -2.52. The van der Waals surface area contributed by atoms with Crippen molar-refractivity contribution in [3.8, 4) is 0 Å². The van der Waals surface area contributed by atoms with Crippen LogP contribution < -0.4 is 93.6 Å². The Balaban J connectivity index is 0.867. The first kappa shape index (κ1) is 50.5. The minimum atomic E-state index is -0.138. The van der Waals surface area contributed by atoms with E-state index in [1.165, 1.54) is 164 Å². The van der Waals surface area contributed by atoms with Crippen molar-refractivity contribution < 1.29 is 0 Å². The van der Waals surface area contributed by atoms with Crippen LogP contribution in [0.1, 0.15) is 0 Å². The van der Waals surface area contributed by atoms with E-state index in [-0.39, 0.29) is 26.9 Å². The topological polar surface area (TPSA) is 19.4 Å². The molecule has 2 aromatic heterocycles. The van der Waals surface area contributed by atoms with E-state index in [1.807, 2.05) is 22.7 Å². The molecule has 94 heavy (non-hydrogen) atoms. The van der Waals surface area contributed by atoms with Crippen molar-refractivity contribution in [3.05, 3.63) is 291 Å². The molecule has 0 fully saturated rings. The summed E-state index contributed by atoms with van der Waals surface area (Å²) in [4.78, 5) is 15.9. The maximum atomic E-state index is 2.72. The Bertz CT molecular complexity index is 5510. The Kier molecular flexibility index (Phi) is 9.84. The highest BCUT2D eigenvalue weighted by Crippen LogP contribution is 2.56. The fourth-order valence-electron chi connectivity index (χ4n) is 18.3. The summed E-state index contributed by atoms with van der Waals surface area (Å²) in [5.41, 5.74) is 35.2. The molecule has 0 unspecified atom stereocenters. The number of hydrogen-bond acceptors (Lipinski definition) is 8. The van der Waals surface area contributed by atoms with Crippen molar-refractivity contribution >= 4 is 236 Å². The summed E-state index contributed by atoms with van der Waals surface area (Å²) in [7, 11) is 0. The molecule has 12 heteroatoms. The summed E-state index contributed by atoms with van der Waals surface area (Å²) in [5, 5.41) is 2.59. The van der Waals surface area contributed by atoms with Gasteiger partial charge in [0.05, 0.1) is 11.4 Å². The van der Waals surface area contributed by atoms with Gasteiger partial charge in [-0.3, -0.25) is 0 Å². The Hall–Kier alpha value is -11.2. The van der Waals surface area contributed by atoms with Gasteiger partial charge in [-0.15, -0.1) is 22.7 Å². The van der Waals surface area contributed by atoms with Gasteiger partial charge in [-0.2, -0.15) is 0 Å². The van der Waals surface area contributed by atoms with Crippen molar-refractivity contribution in [1.82, 2.24) is 0 Å². The van der Waals surface area contributed by atoms with E-state index >= 15 is 0 Å². The van der Waals surface area contributed by atoms with Gasteiger partial charge in [-0.1, -0.05) is 188 Å². The van der Waals surface area contributed by atoms with Crippen LogP contribution in [-0.4, -0.2) is 26.9 Å². The molecule has 0 spiro atoms. The molecule has 0 aliphatic carbocycles. The highest BCUT2D eigenvalue weighted by Gasteiger charge is 2.56. The molecular formula is C82H48B4N6S2. The molecule has 430 valence electrons. The van der Waals surface area contributed by atoms with E-state index in [2.05, 4.69) is 321 Å². The van der Waals surface area contributed by atoms with Gasteiger partial charge in [0.15, 0.2) is 0 Å². The Morgan fingerprint density at radius 2 is 0.479 bits per heavy atom. The molecule has 0 atom stereocenters. The minimum absolute atomic E-state index is 0.00822. The smallest absolute Gasteiger partial charge is 0.264 e. The number of hydrogen-bond donors (Lipinski definition) is 0. The second kappa shape index (κ2) is 18.3. The van der Waals surface area contributed by atoms with Crippen molar-refractivity contribution in [2.45, 2.75) is 0 Å². The number of benzene rings is 13. The zero-order valence-corrected chi connectivity index (χ0v) is 52.2. The third kappa shape index (κ3) is 6.26. The molecule has 23 rings (SSSR count). The van der Waals surface area contributed by atoms with Gasteiger partial charge in [0.1, 0.15) is 0 Å². The predicted molar refractivity (Wildman–Crippen MR) is 404 cm³/mol. The molecule has 0 N–H and O–H groups in total. The highest BCUT2D eigenvalue weighted by atomic mass is 32.1. The minimum Gasteiger partial charge on any atom is -0.311 e. The number of rotatable bonds is 4. The maximum Gasteiger partial charge on any atom is 0.264 e. The third-order valence-electron chi connectivity index (χ3n) is 21.7. The molecule has 10 heterocycles. The van der Waals surface area contributed by atoms with Gasteiger partial charge in [0.2, 0.25) is 0 Å². The summed E-state index contributed by atoms with van der Waals surface area (Å²) in [6.45, 7) is -0.292. The van der Waals surface area contributed by atoms with Gasteiger partial charge in [0, 0.05) is 121 Å². The van der Waals surface area contributed by atoms with Crippen LogP contribution in [0.25, 0.3) is 20.2 Å². The first-order valence-electron chi connectivity index (χ1n) is 32.7. The van der Waals surface area contributed by atoms with E-state index in [0.29, 0.717) is 0 Å². The van der Waals surface area contributed by atoms with Crippen LogP contribution >= 0.6 is 22.7 Å². The Morgan fingerprint density at radius 3 is 0.851 bits per heavy atom. The molecule has 0 radical (unpaired) electrons. The Labute approximate surface area is 553 Å². The van der Waals surface area contributed by atoms with Crippen molar-refractivity contribution in [2.75, 3.05) is 29.4 Å². The van der Waals surface area contributed by atoms with Crippen LogP contribution in [0.4, 0.5) is 102 Å². The molecule has 0 amide bonds. The molecule has 0 saturated carbocycles. The largest absolute Gasteiger partial charge is 0.311 e. The van der Waals surface area contributed by atoms with Crippen LogP contribution in [0.2, 0.25) is 0 Å². The van der Waals surface area contributed by atoms with Gasteiger partial charge in [0.25, 0.3) is 26.9 Å². The lowest BCUT2D eigenvalue weighted by Crippen LogP contribution is -2.70. The first-order chi connectivity index (χ1) is 46.7. The highest BCUT2D eigenvalue weighted by molar-refractivity contribution is 7.34. The molecule has 8 aliphatic rings. The zero-order chi connectivity index (χ0) is 60.8. The van der Waals surface area contributed by atoms with E-state index < -0.39 is 0 Å². The van der Waals surface area contributed by atoms with Crippen LogP contribution in [0.3, 0.4) is 0 Å². The first-order valence-corrected chi connectivity index (χ1v) is 34.4. The fourth-order valence-corrected chi connectivity index (χ4v) is 21.0. The lowest BCUT2D eigenvalue weighted by molar-refractivity contribution is 1.22. The van der Waals surface area contributed by atoms with E-state index in [1.54, 1.807) is 0 Å². The number of thiophene rings is 2. The molecule has 0 saturated heterocycles. The maximum absolute atomic E-state index is 2.72. The third-order valence-corrected chi connectivity index (χ3v) is 24.1. The molecule has 0 bridgehead atoms. The standard InChI is InChI=1S/C82H48B4N6S2/c1-5-25-49(26-6-1)87-61-39-19-17-37-57(61)85-75-69(87)47-67-73-79(75)91(77-53-33-13-23-43-71(53)93-81(77)85)63-41-21-15-35-55(63)83(73)59-45-60-66(46-65(59)89(67)51-29-9-3-10-30-51)90(52-31-11-4-12-32-52)68-48-70-76-80-74(68)84(60)56-36-16-22-42-64(56)92(80)78-54-34-14-24-44-72(54)94-82(78)86(76)58-38-18-20-40-62(58)88(70)50-27-7-2-8-28-50/h1-48H. The number of nitrogens with zero attached hydrogens (tertiary/aromatic N) is 6. The van der Waals surface area contributed by atoms with Gasteiger partial charge >= 0.3 is 0 Å². The number of fused-ring (bicyclic) bond motifs is 24. The second-order valence-electron chi connectivity index (χ2n) is 26.1.